The maximum absolute atomic E-state index is 13.0. The van der Waals surface area contributed by atoms with Crippen molar-refractivity contribution in [3.8, 4) is 0 Å². The van der Waals surface area contributed by atoms with Crippen LogP contribution in [0.3, 0.4) is 0 Å². The Bertz CT molecular complexity index is 1430. The average molecular weight is 751 g/mol. The smallest absolute Gasteiger partial charge is 0.310 e. The summed E-state index contributed by atoms with van der Waals surface area (Å²) in [5.74, 6) is 0.186. The van der Waals surface area contributed by atoms with Gasteiger partial charge in [-0.3, -0.25) is 4.79 Å². The van der Waals surface area contributed by atoms with Gasteiger partial charge in [0.2, 0.25) is 0 Å². The maximum Gasteiger partial charge on any atom is 0.310 e. The first-order valence-corrected chi connectivity index (χ1v) is 20.2. The second-order valence-electron chi connectivity index (χ2n) is 20.2. The van der Waals surface area contributed by atoms with Gasteiger partial charge in [-0.15, -0.1) is 0 Å². The van der Waals surface area contributed by atoms with Crippen molar-refractivity contribution in [2.75, 3.05) is 13.2 Å². The molecule has 7 N–H and O–H groups in total. The summed E-state index contributed by atoms with van der Waals surface area (Å²) >= 11 is 0. The molecule has 0 spiro atoms. The van der Waals surface area contributed by atoms with Crippen molar-refractivity contribution < 1.29 is 59.5 Å². The molecule has 5 aliphatic carbocycles. The van der Waals surface area contributed by atoms with Gasteiger partial charge in [-0.2, -0.15) is 0 Å². The van der Waals surface area contributed by atoms with Crippen LogP contribution in [-0.2, 0) is 23.7 Å². The van der Waals surface area contributed by atoms with E-state index in [1.807, 2.05) is 0 Å². The summed E-state index contributed by atoms with van der Waals surface area (Å²) in [6.45, 7) is 15.7. The topological polar surface area (TPSA) is 196 Å². The highest BCUT2D eigenvalue weighted by atomic mass is 16.7. The van der Waals surface area contributed by atoms with E-state index in [1.54, 1.807) is 0 Å². The summed E-state index contributed by atoms with van der Waals surface area (Å²) in [5, 5.41) is 73.5. The number of fused-ring (bicyclic) bond motifs is 7. The average Bonchev–Trinajstić information content (AvgIpc) is 3.08. The Kier molecular flexibility index (Phi) is 10.2. The summed E-state index contributed by atoms with van der Waals surface area (Å²) < 4.78 is 23.8. The molecule has 4 saturated carbocycles. The Morgan fingerprint density at radius 3 is 2.19 bits per heavy atom. The first kappa shape index (κ1) is 40.0. The van der Waals surface area contributed by atoms with Gasteiger partial charge in [0.05, 0.1) is 24.7 Å². The minimum Gasteiger partial charge on any atom is -0.481 e. The molecule has 2 heterocycles. The van der Waals surface area contributed by atoms with Crippen LogP contribution in [0.4, 0.5) is 0 Å². The molecule has 0 bridgehead atoms. The van der Waals surface area contributed by atoms with Gasteiger partial charge in [0.1, 0.15) is 42.7 Å². The monoisotopic (exact) mass is 750 g/mol. The van der Waals surface area contributed by atoms with Crippen molar-refractivity contribution >= 4 is 5.97 Å². The van der Waals surface area contributed by atoms with Crippen LogP contribution in [0.25, 0.3) is 0 Å². The van der Waals surface area contributed by atoms with E-state index in [0.29, 0.717) is 11.8 Å². The molecule has 0 radical (unpaired) electrons. The van der Waals surface area contributed by atoms with Gasteiger partial charge in [0.15, 0.2) is 12.6 Å². The fraction of sp³-hybridized carbons (Fsp3) is 0.927. The quantitative estimate of drug-likeness (QED) is 0.155. The maximum atomic E-state index is 13.0. The van der Waals surface area contributed by atoms with Gasteiger partial charge in [0.25, 0.3) is 0 Å². The van der Waals surface area contributed by atoms with Crippen LogP contribution in [0.1, 0.15) is 113 Å². The number of rotatable bonds is 6. The van der Waals surface area contributed by atoms with E-state index in [4.69, 9.17) is 18.9 Å². The van der Waals surface area contributed by atoms with E-state index in [2.05, 4.69) is 54.5 Å². The number of ether oxygens (including phenoxy) is 4. The highest BCUT2D eigenvalue weighted by molar-refractivity contribution is 5.76. The number of hydrogen-bond donors (Lipinski definition) is 7. The third kappa shape index (κ3) is 5.94. The third-order valence-corrected chi connectivity index (χ3v) is 16.9. The predicted molar refractivity (Wildman–Crippen MR) is 192 cm³/mol. The lowest BCUT2D eigenvalue weighted by atomic mass is 9.33. The van der Waals surface area contributed by atoms with Crippen LogP contribution in [0.2, 0.25) is 0 Å². The molecular formula is C41H66O12. The molecule has 0 amide bonds. The lowest BCUT2D eigenvalue weighted by Gasteiger charge is -2.71. The normalized spacial score (nSPS) is 53.3. The minimum absolute atomic E-state index is 0.00551. The van der Waals surface area contributed by atoms with Gasteiger partial charge in [0, 0.05) is 0 Å². The zero-order valence-corrected chi connectivity index (χ0v) is 32.7. The van der Waals surface area contributed by atoms with E-state index < -0.39 is 73.3 Å². The Hall–Kier alpha value is -1.19. The highest BCUT2D eigenvalue weighted by Crippen LogP contribution is 2.76. The van der Waals surface area contributed by atoms with Gasteiger partial charge in [-0.05, 0) is 109 Å². The molecule has 302 valence electrons. The van der Waals surface area contributed by atoms with Crippen LogP contribution in [0.15, 0.2) is 11.6 Å². The summed E-state index contributed by atoms with van der Waals surface area (Å²) in [5.41, 5.74) is 0.523. The van der Waals surface area contributed by atoms with E-state index in [1.165, 1.54) is 5.57 Å². The van der Waals surface area contributed by atoms with Gasteiger partial charge < -0.3 is 54.7 Å². The van der Waals surface area contributed by atoms with Crippen molar-refractivity contribution in [2.45, 2.75) is 174 Å². The Balaban J connectivity index is 1.09. The molecular weight excluding hydrogens is 684 g/mol. The Morgan fingerprint density at radius 2 is 1.51 bits per heavy atom. The standard InChI is InChI=1S/C41H66O12/c1-36(2)14-16-41(35(48)49)17-15-39(6)21(22(41)18-36)8-9-26-38(5)12-11-27(37(3,4)25(38)10-13-40(26,39)7)52-33-31(47)32(23(43)20-50-33)53-34-30(46)29(45)28(44)24(19-42)51-34/h8,22-34,42-47H,9-20H2,1-7H3,(H,48,49)/t22-,23+,24+,25-,26+,27-,28-,29-,30+,31+,32-,33-,34?,38-,39+,40+,41-/m0/s1. The molecule has 0 aromatic carbocycles. The van der Waals surface area contributed by atoms with Crippen molar-refractivity contribution in [1.29, 1.82) is 0 Å². The second-order valence-corrected chi connectivity index (χ2v) is 20.2. The molecule has 12 nitrogen and oxygen atoms in total. The highest BCUT2D eigenvalue weighted by Gasteiger charge is 2.69. The second kappa shape index (κ2) is 13.5. The van der Waals surface area contributed by atoms with Crippen molar-refractivity contribution in [3.63, 3.8) is 0 Å². The van der Waals surface area contributed by atoms with E-state index in [-0.39, 0.29) is 45.7 Å². The number of aliphatic hydroxyl groups excluding tert-OH is 6. The van der Waals surface area contributed by atoms with Crippen LogP contribution < -0.4 is 0 Å². The molecule has 2 aliphatic heterocycles. The van der Waals surface area contributed by atoms with Crippen LogP contribution >= 0.6 is 0 Å². The lowest BCUT2D eigenvalue weighted by molar-refractivity contribution is -0.357. The van der Waals surface area contributed by atoms with E-state index in [9.17, 15) is 40.5 Å². The van der Waals surface area contributed by atoms with Crippen molar-refractivity contribution in [2.24, 2.45) is 50.2 Å². The molecule has 1 unspecified atom stereocenters. The number of hydrogen-bond acceptors (Lipinski definition) is 11. The minimum atomic E-state index is -1.68. The van der Waals surface area contributed by atoms with Crippen molar-refractivity contribution in [3.05, 3.63) is 11.6 Å². The van der Waals surface area contributed by atoms with Gasteiger partial charge >= 0.3 is 5.97 Å². The number of carbonyl (C=O) groups is 1. The largest absolute Gasteiger partial charge is 0.481 e. The molecule has 12 heteroatoms. The molecule has 7 rings (SSSR count). The molecule has 0 aromatic heterocycles. The number of aliphatic hydroxyl groups is 6. The van der Waals surface area contributed by atoms with E-state index in [0.717, 1.165) is 64.2 Å². The number of carboxylic acid groups (broad SMARTS) is 1. The summed E-state index contributed by atoms with van der Waals surface area (Å²) in [4.78, 5) is 13.0. The number of aliphatic carboxylic acids is 1. The fourth-order valence-corrected chi connectivity index (χ4v) is 13.4. The number of allylic oxidation sites excluding steroid dienone is 2. The zero-order valence-electron chi connectivity index (χ0n) is 32.7. The first-order valence-electron chi connectivity index (χ1n) is 20.2. The lowest BCUT2D eigenvalue weighted by Crippen LogP contribution is -2.66. The van der Waals surface area contributed by atoms with Crippen LogP contribution in [-0.4, -0.2) is 116 Å². The summed E-state index contributed by atoms with van der Waals surface area (Å²) in [7, 11) is 0. The molecule has 0 aromatic rings. The Morgan fingerprint density at radius 1 is 0.811 bits per heavy atom. The molecule has 7 aliphatic rings. The molecule has 2 saturated heterocycles. The van der Waals surface area contributed by atoms with Gasteiger partial charge in [-0.25, -0.2) is 0 Å². The fourth-order valence-electron chi connectivity index (χ4n) is 13.4. The Labute approximate surface area is 314 Å². The zero-order chi connectivity index (χ0) is 38.7. The summed E-state index contributed by atoms with van der Waals surface area (Å²) in [6, 6.07) is 0. The number of carboxylic acids is 1. The SMILES string of the molecule is CC1(C)CC[C@]2(C(=O)O)CC[C@]3(C)C(=CC[C@@H]4[C@@]5(C)CC[C@H](O[C@@H]6OC[C@@H](O)[C@H](OC7O[C@H](CO)[C@H](O)[C@H](O)[C@H]7O)[C@H]6O)C(C)(C)[C@@H]5CC[C@]43C)[C@@H]2C1. The van der Waals surface area contributed by atoms with Crippen molar-refractivity contribution in [1.82, 2.24) is 0 Å². The third-order valence-electron chi connectivity index (χ3n) is 16.9. The summed E-state index contributed by atoms with van der Waals surface area (Å²) in [6.07, 6.45) is -1.65. The first-order chi connectivity index (χ1) is 24.7. The predicted octanol–water partition coefficient (Wildman–Crippen LogP) is 3.52. The molecule has 53 heavy (non-hydrogen) atoms. The molecule has 17 atom stereocenters. The van der Waals surface area contributed by atoms with Gasteiger partial charge in [-0.1, -0.05) is 60.1 Å². The molecule has 6 fully saturated rings. The van der Waals surface area contributed by atoms with Crippen LogP contribution in [0, 0.1) is 50.2 Å². The van der Waals surface area contributed by atoms with Crippen LogP contribution in [0.5, 0.6) is 0 Å². The van der Waals surface area contributed by atoms with E-state index >= 15 is 0 Å².